The summed E-state index contributed by atoms with van der Waals surface area (Å²) in [4.78, 5) is 42.9. The van der Waals surface area contributed by atoms with Crippen LogP contribution in [0.3, 0.4) is 0 Å². The summed E-state index contributed by atoms with van der Waals surface area (Å²) in [5.74, 6) is -0.662. The zero-order valence-electron chi connectivity index (χ0n) is 17.3. The summed E-state index contributed by atoms with van der Waals surface area (Å²) in [5.41, 5.74) is 0.804. The molecule has 3 heterocycles. The number of unbranched alkanes of at least 4 members (excludes halogenated alkanes) is 2. The van der Waals surface area contributed by atoms with Crippen molar-refractivity contribution in [3.8, 4) is 0 Å². The van der Waals surface area contributed by atoms with Gasteiger partial charge in [-0.15, -0.1) is 11.3 Å². The monoisotopic (exact) mass is 438 g/mol. The SMILES string of the molecule is CCCCCn1nc(C(=O)OCc2cc(=O)n3c(C)csc3n2)c2ccccc2c1=O. The van der Waals surface area contributed by atoms with Gasteiger partial charge in [-0.05, 0) is 19.4 Å². The molecule has 0 N–H and O–H groups in total. The van der Waals surface area contributed by atoms with Crippen LogP contribution in [0.25, 0.3) is 15.7 Å². The molecule has 0 aliphatic rings. The Labute approximate surface area is 181 Å². The molecule has 0 aliphatic heterocycles. The number of aryl methyl sites for hydroxylation is 2. The van der Waals surface area contributed by atoms with E-state index in [4.69, 9.17) is 4.74 Å². The minimum absolute atomic E-state index is 0.0801. The van der Waals surface area contributed by atoms with Gasteiger partial charge in [-0.1, -0.05) is 38.0 Å². The van der Waals surface area contributed by atoms with Crippen LogP contribution in [0.15, 0.2) is 45.3 Å². The molecule has 0 fully saturated rings. The minimum Gasteiger partial charge on any atom is -0.454 e. The molecule has 0 bridgehead atoms. The number of aromatic nitrogens is 4. The van der Waals surface area contributed by atoms with Crippen LogP contribution in [0, 0.1) is 6.92 Å². The van der Waals surface area contributed by atoms with Gasteiger partial charge in [0.05, 0.1) is 11.1 Å². The van der Waals surface area contributed by atoms with Gasteiger partial charge in [0.25, 0.3) is 11.1 Å². The quantitative estimate of drug-likeness (QED) is 0.324. The first-order valence-corrected chi connectivity index (χ1v) is 11.0. The van der Waals surface area contributed by atoms with Crippen molar-refractivity contribution in [2.45, 2.75) is 46.3 Å². The predicted octanol–water partition coefficient (Wildman–Crippen LogP) is 3.32. The number of benzene rings is 1. The molecule has 0 spiro atoms. The van der Waals surface area contributed by atoms with Crippen molar-refractivity contribution in [3.63, 3.8) is 0 Å². The molecule has 9 heteroatoms. The van der Waals surface area contributed by atoms with Crippen LogP contribution in [0.2, 0.25) is 0 Å². The normalized spacial score (nSPS) is 11.3. The number of hydrogen-bond donors (Lipinski definition) is 0. The molecule has 8 nitrogen and oxygen atoms in total. The number of hydrogen-bond acceptors (Lipinski definition) is 7. The lowest BCUT2D eigenvalue weighted by atomic mass is 10.1. The molecular formula is C22H22N4O4S. The van der Waals surface area contributed by atoms with E-state index in [1.807, 2.05) is 12.3 Å². The Kier molecular flexibility index (Phi) is 5.94. The van der Waals surface area contributed by atoms with Gasteiger partial charge in [0.1, 0.15) is 6.61 Å². The van der Waals surface area contributed by atoms with E-state index in [-0.39, 0.29) is 23.4 Å². The van der Waals surface area contributed by atoms with E-state index >= 15 is 0 Å². The van der Waals surface area contributed by atoms with Crippen molar-refractivity contribution in [3.05, 3.63) is 73.5 Å². The van der Waals surface area contributed by atoms with E-state index < -0.39 is 5.97 Å². The zero-order valence-corrected chi connectivity index (χ0v) is 18.1. The van der Waals surface area contributed by atoms with E-state index in [9.17, 15) is 14.4 Å². The average molecular weight is 439 g/mol. The van der Waals surface area contributed by atoms with Crippen molar-refractivity contribution < 1.29 is 9.53 Å². The van der Waals surface area contributed by atoms with Gasteiger partial charge >= 0.3 is 5.97 Å². The molecule has 0 amide bonds. The number of ether oxygens (including phenoxy) is 1. The van der Waals surface area contributed by atoms with Crippen LogP contribution >= 0.6 is 11.3 Å². The maximum Gasteiger partial charge on any atom is 0.359 e. The lowest BCUT2D eigenvalue weighted by Crippen LogP contribution is -2.26. The highest BCUT2D eigenvalue weighted by Gasteiger charge is 2.18. The Morgan fingerprint density at radius 3 is 2.71 bits per heavy atom. The first-order valence-electron chi connectivity index (χ1n) is 10.1. The Bertz CT molecular complexity index is 1390. The van der Waals surface area contributed by atoms with Gasteiger partial charge in [0.2, 0.25) is 0 Å². The van der Waals surface area contributed by atoms with Crippen LogP contribution in [-0.2, 0) is 17.9 Å². The molecule has 0 unspecified atom stereocenters. The third-order valence-corrected chi connectivity index (χ3v) is 5.96. The number of thiazole rings is 1. The van der Waals surface area contributed by atoms with Gasteiger partial charge in [-0.25, -0.2) is 14.5 Å². The molecule has 4 rings (SSSR count). The molecular weight excluding hydrogens is 416 g/mol. The van der Waals surface area contributed by atoms with Crippen LogP contribution in [0.1, 0.15) is 48.1 Å². The summed E-state index contributed by atoms with van der Waals surface area (Å²) >= 11 is 1.35. The molecule has 0 atom stereocenters. The van der Waals surface area contributed by atoms with Gasteiger partial charge in [-0.2, -0.15) is 5.10 Å². The molecule has 4 aromatic rings. The van der Waals surface area contributed by atoms with Crippen molar-refractivity contribution in [2.24, 2.45) is 0 Å². The fourth-order valence-electron chi connectivity index (χ4n) is 3.43. The van der Waals surface area contributed by atoms with E-state index in [0.29, 0.717) is 28.0 Å². The van der Waals surface area contributed by atoms with Crippen molar-refractivity contribution in [1.82, 2.24) is 19.2 Å². The maximum atomic E-state index is 12.9. The first kappa shape index (κ1) is 20.9. The Balaban J connectivity index is 1.63. The number of fused-ring (bicyclic) bond motifs is 2. The highest BCUT2D eigenvalue weighted by atomic mass is 32.1. The number of nitrogens with zero attached hydrogens (tertiary/aromatic N) is 4. The lowest BCUT2D eigenvalue weighted by Gasteiger charge is -2.11. The average Bonchev–Trinajstić information content (AvgIpc) is 3.15. The highest BCUT2D eigenvalue weighted by Crippen LogP contribution is 2.16. The molecule has 160 valence electrons. The van der Waals surface area contributed by atoms with Gasteiger partial charge in [0.15, 0.2) is 10.7 Å². The van der Waals surface area contributed by atoms with Crippen LogP contribution in [0.4, 0.5) is 0 Å². The molecule has 31 heavy (non-hydrogen) atoms. The molecule has 1 aromatic carbocycles. The fourth-order valence-corrected chi connectivity index (χ4v) is 4.32. The van der Waals surface area contributed by atoms with Crippen LogP contribution < -0.4 is 11.1 Å². The standard InChI is InChI=1S/C22H22N4O4S/c1-3-4-7-10-25-20(28)17-9-6-5-8-16(17)19(24-25)21(29)30-12-15-11-18(27)26-14(2)13-31-22(26)23-15/h5-6,8-9,11,13H,3-4,7,10,12H2,1-2H3. The van der Waals surface area contributed by atoms with Crippen LogP contribution in [0.5, 0.6) is 0 Å². The van der Waals surface area contributed by atoms with Gasteiger partial charge in [-0.3, -0.25) is 14.0 Å². The van der Waals surface area contributed by atoms with Crippen molar-refractivity contribution in [1.29, 1.82) is 0 Å². The number of carbonyl (C=O) groups is 1. The number of carbonyl (C=O) groups excluding carboxylic acids is 1. The van der Waals surface area contributed by atoms with Crippen molar-refractivity contribution >= 4 is 33.0 Å². The molecule has 0 radical (unpaired) electrons. The minimum atomic E-state index is -0.662. The Morgan fingerprint density at radius 1 is 1.16 bits per heavy atom. The third kappa shape index (κ3) is 4.13. The van der Waals surface area contributed by atoms with Crippen LogP contribution in [-0.4, -0.2) is 25.1 Å². The lowest BCUT2D eigenvalue weighted by molar-refractivity contribution is 0.0460. The summed E-state index contributed by atoms with van der Waals surface area (Å²) in [6.45, 7) is 4.18. The summed E-state index contributed by atoms with van der Waals surface area (Å²) < 4.78 is 8.27. The molecule has 0 saturated heterocycles. The summed E-state index contributed by atoms with van der Waals surface area (Å²) in [7, 11) is 0. The summed E-state index contributed by atoms with van der Waals surface area (Å²) in [6.07, 6.45) is 2.77. The second kappa shape index (κ2) is 8.81. The third-order valence-electron chi connectivity index (χ3n) is 5.01. The largest absolute Gasteiger partial charge is 0.454 e. The fraction of sp³-hybridized carbons (Fsp3) is 0.318. The van der Waals surface area contributed by atoms with E-state index in [1.54, 1.807) is 24.3 Å². The van der Waals surface area contributed by atoms with E-state index in [0.717, 1.165) is 25.0 Å². The smallest absolute Gasteiger partial charge is 0.359 e. The Hall–Kier alpha value is -3.33. The first-order chi connectivity index (χ1) is 15.0. The molecule has 0 saturated carbocycles. The highest BCUT2D eigenvalue weighted by molar-refractivity contribution is 7.15. The summed E-state index contributed by atoms with van der Waals surface area (Å²) in [6, 6.07) is 8.23. The number of rotatable bonds is 7. The second-order valence-corrected chi connectivity index (χ2v) is 8.12. The zero-order chi connectivity index (χ0) is 22.0. The van der Waals surface area contributed by atoms with Crippen molar-refractivity contribution in [2.75, 3.05) is 0 Å². The topological polar surface area (TPSA) is 95.6 Å². The van der Waals surface area contributed by atoms with Gasteiger partial charge < -0.3 is 4.74 Å². The maximum absolute atomic E-state index is 12.9. The molecule has 0 aliphatic carbocycles. The van der Waals surface area contributed by atoms with E-state index in [2.05, 4.69) is 17.0 Å². The van der Waals surface area contributed by atoms with E-state index in [1.165, 1.54) is 26.5 Å². The summed E-state index contributed by atoms with van der Waals surface area (Å²) in [5, 5.41) is 7.02. The second-order valence-electron chi connectivity index (χ2n) is 7.29. The Morgan fingerprint density at radius 2 is 1.94 bits per heavy atom. The predicted molar refractivity (Wildman–Crippen MR) is 119 cm³/mol. The van der Waals surface area contributed by atoms with Gasteiger partial charge in [0, 0.05) is 29.1 Å². The number of esters is 1. The molecule has 3 aromatic heterocycles.